The second-order valence-corrected chi connectivity index (χ2v) is 6.62. The first-order chi connectivity index (χ1) is 7.57. The van der Waals surface area contributed by atoms with E-state index in [-0.39, 0.29) is 5.03 Å². The van der Waals surface area contributed by atoms with Crippen LogP contribution in [0.15, 0.2) is 5.03 Å². The highest BCUT2D eigenvalue weighted by Crippen LogP contribution is 2.44. The van der Waals surface area contributed by atoms with Gasteiger partial charge in [0.25, 0.3) is 9.05 Å². The molecule has 0 amide bonds. The summed E-state index contributed by atoms with van der Waals surface area (Å²) in [6, 6.07) is 0. The van der Waals surface area contributed by atoms with Crippen molar-refractivity contribution in [3.05, 3.63) is 11.5 Å². The average molecular weight is 263 g/mol. The fourth-order valence-electron chi connectivity index (χ4n) is 2.10. The molecule has 0 spiro atoms. The zero-order chi connectivity index (χ0) is 11.3. The fraction of sp³-hybridized carbons (Fsp3) is 0.667. The van der Waals surface area contributed by atoms with Gasteiger partial charge in [0.2, 0.25) is 0 Å². The first-order valence-electron chi connectivity index (χ1n) is 5.19. The van der Waals surface area contributed by atoms with Gasteiger partial charge >= 0.3 is 0 Å². The molecule has 3 rings (SSSR count). The Bertz CT molecular complexity index is 533. The van der Waals surface area contributed by atoms with E-state index in [1.165, 1.54) is 0 Å². The number of fused-ring (bicyclic) bond motifs is 1. The van der Waals surface area contributed by atoms with Gasteiger partial charge in [-0.3, -0.25) is 0 Å². The Hall–Kier alpha value is -0.590. The summed E-state index contributed by atoms with van der Waals surface area (Å²) in [4.78, 5) is 4.10. The monoisotopic (exact) mass is 262 g/mol. The lowest BCUT2D eigenvalue weighted by Gasteiger charge is -2.16. The summed E-state index contributed by atoms with van der Waals surface area (Å²) < 4.78 is 30.1. The number of halogens is 1. The van der Waals surface area contributed by atoms with Crippen molar-refractivity contribution >= 4 is 19.7 Å². The molecule has 1 aromatic heterocycles. The van der Waals surface area contributed by atoms with Gasteiger partial charge in [-0.25, -0.2) is 13.4 Å². The molecular formula is C9H11ClN2O3S. The molecule has 0 saturated heterocycles. The van der Waals surface area contributed by atoms with Crippen molar-refractivity contribution in [1.82, 2.24) is 9.55 Å². The Labute approximate surface area is 97.8 Å². The van der Waals surface area contributed by atoms with Crippen LogP contribution in [0.5, 0.6) is 0 Å². The van der Waals surface area contributed by atoms with Crippen molar-refractivity contribution in [2.24, 2.45) is 0 Å². The van der Waals surface area contributed by atoms with Gasteiger partial charge in [0.05, 0.1) is 12.3 Å². The number of imidazole rings is 1. The van der Waals surface area contributed by atoms with E-state index in [9.17, 15) is 8.42 Å². The van der Waals surface area contributed by atoms with E-state index in [4.69, 9.17) is 15.4 Å². The van der Waals surface area contributed by atoms with E-state index >= 15 is 0 Å². The van der Waals surface area contributed by atoms with Crippen LogP contribution < -0.4 is 0 Å². The lowest BCUT2D eigenvalue weighted by atomic mass is 10.3. The first-order valence-corrected chi connectivity index (χ1v) is 7.50. The molecule has 0 N–H and O–H groups in total. The van der Waals surface area contributed by atoms with Gasteiger partial charge < -0.3 is 9.30 Å². The van der Waals surface area contributed by atoms with Crippen LogP contribution in [0.4, 0.5) is 0 Å². The van der Waals surface area contributed by atoms with Gasteiger partial charge in [-0.15, -0.1) is 0 Å². The van der Waals surface area contributed by atoms with Crippen LogP contribution in [0.1, 0.15) is 30.3 Å². The van der Waals surface area contributed by atoms with Crippen molar-refractivity contribution in [2.75, 3.05) is 6.61 Å². The van der Waals surface area contributed by atoms with E-state index in [1.807, 2.05) is 4.57 Å². The van der Waals surface area contributed by atoms with Crippen molar-refractivity contribution in [2.45, 2.75) is 36.9 Å². The molecule has 0 radical (unpaired) electrons. The van der Waals surface area contributed by atoms with Crippen LogP contribution in [0.3, 0.4) is 0 Å². The van der Waals surface area contributed by atoms with Crippen molar-refractivity contribution < 1.29 is 13.2 Å². The lowest BCUT2D eigenvalue weighted by Crippen LogP contribution is -2.18. The molecule has 0 aromatic carbocycles. The summed E-state index contributed by atoms with van der Waals surface area (Å²) in [6.45, 7) is 1.64. The Kier molecular flexibility index (Phi) is 2.28. The third kappa shape index (κ3) is 1.65. The minimum atomic E-state index is -3.75. The third-order valence-corrected chi connectivity index (χ3v) is 4.14. The lowest BCUT2D eigenvalue weighted by molar-refractivity contribution is 0.0806. The van der Waals surface area contributed by atoms with E-state index in [0.29, 0.717) is 31.5 Å². The summed E-state index contributed by atoms with van der Waals surface area (Å²) in [7, 11) is 1.66. The maximum Gasteiger partial charge on any atom is 0.280 e. The zero-order valence-corrected chi connectivity index (χ0v) is 10.1. The highest BCUT2D eigenvalue weighted by Gasteiger charge is 2.36. The molecule has 16 heavy (non-hydrogen) atoms. The number of rotatable bonds is 2. The number of hydrogen-bond acceptors (Lipinski definition) is 4. The second-order valence-electron chi connectivity index (χ2n) is 4.13. The van der Waals surface area contributed by atoms with Crippen LogP contribution >= 0.6 is 10.7 Å². The van der Waals surface area contributed by atoms with Crippen LogP contribution in [-0.2, 0) is 26.9 Å². The molecule has 0 atom stereocenters. The molecule has 2 aliphatic rings. The van der Waals surface area contributed by atoms with Gasteiger partial charge in [-0.1, -0.05) is 0 Å². The molecule has 1 aliphatic heterocycles. The number of ether oxygens (including phenoxy) is 1. The normalized spacial score (nSPS) is 20.8. The van der Waals surface area contributed by atoms with Crippen LogP contribution in [0.25, 0.3) is 0 Å². The molecule has 1 aliphatic carbocycles. The van der Waals surface area contributed by atoms with Gasteiger partial charge in [0, 0.05) is 23.1 Å². The number of nitrogens with zero attached hydrogens (tertiary/aromatic N) is 2. The Morgan fingerprint density at radius 2 is 2.19 bits per heavy atom. The first kappa shape index (κ1) is 10.6. The van der Waals surface area contributed by atoms with Gasteiger partial charge in [0.15, 0.2) is 5.03 Å². The van der Waals surface area contributed by atoms with Crippen LogP contribution in [-0.4, -0.2) is 24.6 Å². The topological polar surface area (TPSA) is 61.2 Å². The quantitative estimate of drug-likeness (QED) is 0.752. The maximum atomic E-state index is 11.5. The van der Waals surface area contributed by atoms with Crippen molar-refractivity contribution in [1.29, 1.82) is 0 Å². The van der Waals surface area contributed by atoms with Gasteiger partial charge in [-0.2, -0.15) is 0 Å². The summed E-state index contributed by atoms with van der Waals surface area (Å²) in [5.41, 5.74) is 0.785. The SMILES string of the molecule is O=S(=O)(Cl)c1nc2n(c1C1CC1)CCOC2. The van der Waals surface area contributed by atoms with E-state index < -0.39 is 9.05 Å². The standard InChI is InChI=1S/C9H11ClN2O3S/c10-16(13,14)9-8(6-1-2-6)12-3-4-15-5-7(12)11-9/h6H,1-5H2. The number of hydrogen-bond donors (Lipinski definition) is 0. The smallest absolute Gasteiger partial charge is 0.280 e. The highest BCUT2D eigenvalue weighted by atomic mass is 35.7. The van der Waals surface area contributed by atoms with Crippen LogP contribution in [0.2, 0.25) is 0 Å². The van der Waals surface area contributed by atoms with E-state index in [2.05, 4.69) is 4.98 Å². The van der Waals surface area contributed by atoms with E-state index in [1.54, 1.807) is 0 Å². The molecule has 7 heteroatoms. The number of aromatic nitrogens is 2. The van der Waals surface area contributed by atoms with Gasteiger partial charge in [0.1, 0.15) is 12.4 Å². The molecular weight excluding hydrogens is 252 g/mol. The summed E-state index contributed by atoms with van der Waals surface area (Å²) in [6.07, 6.45) is 2.04. The summed E-state index contributed by atoms with van der Waals surface area (Å²) >= 11 is 0. The van der Waals surface area contributed by atoms with Crippen LogP contribution in [0, 0.1) is 0 Å². The predicted octanol–water partition coefficient (Wildman–Crippen LogP) is 1.22. The van der Waals surface area contributed by atoms with Crippen molar-refractivity contribution in [3.63, 3.8) is 0 Å². The summed E-state index contributed by atoms with van der Waals surface area (Å²) in [5.74, 6) is 0.982. The van der Waals surface area contributed by atoms with Gasteiger partial charge in [-0.05, 0) is 12.8 Å². The Balaban J connectivity index is 2.20. The minimum absolute atomic E-state index is 0.0390. The fourth-order valence-corrected chi connectivity index (χ4v) is 3.18. The minimum Gasteiger partial charge on any atom is -0.372 e. The molecule has 1 fully saturated rings. The molecule has 0 unspecified atom stereocenters. The van der Waals surface area contributed by atoms with Crippen molar-refractivity contribution in [3.8, 4) is 0 Å². The average Bonchev–Trinajstić information content (AvgIpc) is 2.96. The largest absolute Gasteiger partial charge is 0.372 e. The highest BCUT2D eigenvalue weighted by molar-refractivity contribution is 8.13. The van der Waals surface area contributed by atoms with E-state index in [0.717, 1.165) is 18.5 Å². The zero-order valence-electron chi connectivity index (χ0n) is 8.52. The second kappa shape index (κ2) is 3.45. The predicted molar refractivity (Wildman–Crippen MR) is 56.9 cm³/mol. The molecule has 2 heterocycles. The Morgan fingerprint density at radius 1 is 1.44 bits per heavy atom. The molecule has 1 aromatic rings. The maximum absolute atomic E-state index is 11.5. The molecule has 1 saturated carbocycles. The molecule has 0 bridgehead atoms. The summed E-state index contributed by atoms with van der Waals surface area (Å²) in [5, 5.41) is 0.0390. The third-order valence-electron chi connectivity index (χ3n) is 2.94. The Morgan fingerprint density at radius 3 is 2.81 bits per heavy atom. The molecule has 5 nitrogen and oxygen atoms in total. The molecule has 88 valence electrons.